The van der Waals surface area contributed by atoms with E-state index in [2.05, 4.69) is 75.5 Å². The van der Waals surface area contributed by atoms with Gasteiger partial charge in [0.15, 0.2) is 6.10 Å². The molecule has 6 heteroatoms. The lowest BCUT2D eigenvalue weighted by molar-refractivity contribution is -0.167. The molecular formula is C59H94O6. The molecule has 1 atom stereocenters. The molecule has 1 unspecified atom stereocenters. The maximum absolute atomic E-state index is 12.8. The molecule has 0 aliphatic heterocycles. The van der Waals surface area contributed by atoms with E-state index in [1.54, 1.807) is 0 Å². The van der Waals surface area contributed by atoms with Crippen molar-refractivity contribution in [1.29, 1.82) is 0 Å². The van der Waals surface area contributed by atoms with Crippen LogP contribution in [0.3, 0.4) is 0 Å². The van der Waals surface area contributed by atoms with Crippen LogP contribution in [-0.2, 0) is 28.6 Å². The van der Waals surface area contributed by atoms with E-state index in [9.17, 15) is 14.4 Å². The fourth-order valence-electron chi connectivity index (χ4n) is 6.74. The van der Waals surface area contributed by atoms with E-state index < -0.39 is 6.10 Å². The van der Waals surface area contributed by atoms with Gasteiger partial charge in [0.2, 0.25) is 0 Å². The summed E-state index contributed by atoms with van der Waals surface area (Å²) in [6, 6.07) is 0. The molecule has 0 heterocycles. The Bertz CT molecular complexity index is 1400. The number of unbranched alkanes of at least 4 members (excludes halogenated alkanes) is 22. The molecule has 0 bridgehead atoms. The Morgan fingerprint density at radius 1 is 0.308 bits per heavy atom. The van der Waals surface area contributed by atoms with Gasteiger partial charge in [-0.25, -0.2) is 0 Å². The van der Waals surface area contributed by atoms with Crippen molar-refractivity contribution < 1.29 is 28.6 Å². The second kappa shape index (κ2) is 52.4. The zero-order valence-corrected chi connectivity index (χ0v) is 41.7. The summed E-state index contributed by atoms with van der Waals surface area (Å²) in [5, 5.41) is 0. The minimum absolute atomic E-state index is 0.0993. The van der Waals surface area contributed by atoms with Gasteiger partial charge in [-0.15, -0.1) is 0 Å². The third-order valence-corrected chi connectivity index (χ3v) is 10.7. The third kappa shape index (κ3) is 50.7. The maximum atomic E-state index is 12.8. The fourth-order valence-corrected chi connectivity index (χ4v) is 6.74. The van der Waals surface area contributed by atoms with Gasteiger partial charge in [0.25, 0.3) is 0 Å². The molecule has 0 aliphatic carbocycles. The summed E-state index contributed by atoms with van der Waals surface area (Å²) < 4.78 is 16.8. The first-order valence-electron chi connectivity index (χ1n) is 26.2. The molecule has 0 aromatic carbocycles. The molecule has 0 amide bonds. The highest BCUT2D eigenvalue weighted by Gasteiger charge is 2.19. The Morgan fingerprint density at radius 3 is 0.923 bits per heavy atom. The predicted molar refractivity (Wildman–Crippen MR) is 279 cm³/mol. The topological polar surface area (TPSA) is 78.9 Å². The van der Waals surface area contributed by atoms with Gasteiger partial charge < -0.3 is 14.2 Å². The van der Waals surface area contributed by atoms with Gasteiger partial charge in [0, 0.05) is 19.3 Å². The van der Waals surface area contributed by atoms with E-state index in [0.717, 1.165) is 109 Å². The van der Waals surface area contributed by atoms with Gasteiger partial charge in [0.1, 0.15) is 13.2 Å². The Morgan fingerprint density at radius 2 is 0.585 bits per heavy atom. The van der Waals surface area contributed by atoms with Crippen LogP contribution in [0.5, 0.6) is 0 Å². The molecule has 0 aromatic heterocycles. The molecule has 0 fully saturated rings. The molecule has 0 rings (SSSR count). The van der Waals surface area contributed by atoms with Crippen molar-refractivity contribution in [2.24, 2.45) is 0 Å². The van der Waals surface area contributed by atoms with Gasteiger partial charge in [-0.1, -0.05) is 258 Å². The molecule has 65 heavy (non-hydrogen) atoms. The van der Waals surface area contributed by atoms with E-state index in [1.165, 1.54) is 64.2 Å². The monoisotopic (exact) mass is 899 g/mol. The lowest BCUT2D eigenvalue weighted by atomic mass is 10.1. The minimum Gasteiger partial charge on any atom is -0.462 e. The Hall–Kier alpha value is -4.19. The molecule has 0 N–H and O–H groups in total. The maximum Gasteiger partial charge on any atom is 0.306 e. The van der Waals surface area contributed by atoms with Gasteiger partial charge in [-0.2, -0.15) is 0 Å². The first-order chi connectivity index (χ1) is 32.0. The average Bonchev–Trinajstić information content (AvgIpc) is 3.30. The third-order valence-electron chi connectivity index (χ3n) is 10.7. The summed E-state index contributed by atoms with van der Waals surface area (Å²) in [7, 11) is 0. The van der Waals surface area contributed by atoms with E-state index in [0.29, 0.717) is 19.3 Å². The lowest BCUT2D eigenvalue weighted by Crippen LogP contribution is -2.30. The number of ether oxygens (including phenoxy) is 3. The summed E-state index contributed by atoms with van der Waals surface area (Å²) >= 11 is 0. The van der Waals surface area contributed by atoms with Crippen molar-refractivity contribution in [3.63, 3.8) is 0 Å². The quantitative estimate of drug-likeness (QED) is 0.0262. The van der Waals surface area contributed by atoms with Crippen molar-refractivity contribution in [3.05, 3.63) is 122 Å². The average molecular weight is 899 g/mol. The fraction of sp³-hybridized carbons (Fsp3) is 0.610. The van der Waals surface area contributed by atoms with E-state index in [4.69, 9.17) is 14.2 Å². The van der Waals surface area contributed by atoms with Crippen LogP contribution in [0.4, 0.5) is 0 Å². The first-order valence-corrected chi connectivity index (χ1v) is 26.2. The van der Waals surface area contributed by atoms with Crippen molar-refractivity contribution in [3.8, 4) is 0 Å². The summed E-state index contributed by atoms with van der Waals surface area (Å²) in [6.07, 6.45) is 71.6. The molecule has 0 spiro atoms. The van der Waals surface area contributed by atoms with Gasteiger partial charge in [0.05, 0.1) is 0 Å². The molecule has 6 nitrogen and oxygen atoms in total. The highest BCUT2D eigenvalue weighted by Crippen LogP contribution is 2.14. The van der Waals surface area contributed by atoms with Crippen molar-refractivity contribution in [1.82, 2.24) is 0 Å². The van der Waals surface area contributed by atoms with Crippen LogP contribution in [0.2, 0.25) is 0 Å². The van der Waals surface area contributed by atoms with Crippen LogP contribution >= 0.6 is 0 Å². The number of hydrogen-bond acceptors (Lipinski definition) is 6. The van der Waals surface area contributed by atoms with Crippen molar-refractivity contribution >= 4 is 17.9 Å². The first kappa shape index (κ1) is 60.8. The number of carbonyl (C=O) groups is 3. The van der Waals surface area contributed by atoms with Crippen LogP contribution in [0.15, 0.2) is 122 Å². The molecule has 0 radical (unpaired) electrons. The zero-order valence-electron chi connectivity index (χ0n) is 41.7. The van der Waals surface area contributed by atoms with E-state index >= 15 is 0 Å². The van der Waals surface area contributed by atoms with Crippen LogP contribution in [0.1, 0.15) is 213 Å². The number of allylic oxidation sites excluding steroid dienone is 20. The predicted octanol–water partition coefficient (Wildman–Crippen LogP) is 17.3. The second-order valence-electron chi connectivity index (χ2n) is 17.0. The molecule has 0 saturated carbocycles. The molecule has 0 aliphatic rings. The van der Waals surface area contributed by atoms with Crippen LogP contribution in [-0.4, -0.2) is 37.2 Å². The smallest absolute Gasteiger partial charge is 0.306 e. The highest BCUT2D eigenvalue weighted by atomic mass is 16.6. The lowest BCUT2D eigenvalue weighted by Gasteiger charge is -2.18. The van der Waals surface area contributed by atoms with Crippen molar-refractivity contribution in [2.75, 3.05) is 13.2 Å². The van der Waals surface area contributed by atoms with Crippen LogP contribution in [0.25, 0.3) is 0 Å². The molecule has 366 valence electrons. The Labute approximate surface area is 399 Å². The SMILES string of the molecule is CCC\C=C/C=C\C=C/C=C\C=C/CCCCCCCC(=O)OCC(COC(=O)CCCCCCCCCCCCC)OC(=O)CCCCCCC\C=C/C=C\C=C/C=C\C=C/CCC. The molecule has 0 saturated heterocycles. The Balaban J connectivity index is 4.51. The minimum atomic E-state index is -0.804. The van der Waals surface area contributed by atoms with Crippen LogP contribution < -0.4 is 0 Å². The number of esters is 3. The van der Waals surface area contributed by atoms with Crippen LogP contribution in [0, 0.1) is 0 Å². The number of rotatable bonds is 45. The second-order valence-corrected chi connectivity index (χ2v) is 17.0. The summed E-state index contributed by atoms with van der Waals surface area (Å²) in [6.45, 7) is 6.40. The number of carbonyl (C=O) groups excluding carboxylic acids is 3. The summed E-state index contributed by atoms with van der Waals surface area (Å²) in [5.74, 6) is -0.957. The van der Waals surface area contributed by atoms with E-state index in [1.807, 2.05) is 66.8 Å². The zero-order chi connectivity index (χ0) is 47.2. The summed E-state index contributed by atoms with van der Waals surface area (Å²) in [5.41, 5.74) is 0. The largest absolute Gasteiger partial charge is 0.462 e. The Kier molecular flexibility index (Phi) is 49.1. The molecular weight excluding hydrogens is 805 g/mol. The van der Waals surface area contributed by atoms with Gasteiger partial charge in [-0.05, 0) is 57.8 Å². The van der Waals surface area contributed by atoms with Gasteiger partial charge in [-0.3, -0.25) is 14.4 Å². The summed E-state index contributed by atoms with van der Waals surface area (Å²) in [4.78, 5) is 38.0. The highest BCUT2D eigenvalue weighted by molar-refractivity contribution is 5.71. The van der Waals surface area contributed by atoms with E-state index in [-0.39, 0.29) is 31.1 Å². The van der Waals surface area contributed by atoms with Gasteiger partial charge >= 0.3 is 17.9 Å². The van der Waals surface area contributed by atoms with Crippen molar-refractivity contribution in [2.45, 2.75) is 219 Å². The molecule has 0 aromatic rings. The normalized spacial score (nSPS) is 13.1. The number of hydrogen-bond donors (Lipinski definition) is 0. The standard InChI is InChI=1S/C59H94O6/c1-4-7-10-13-16-19-22-24-26-28-30-32-34-37-40-43-46-49-52-58(61)64-55-56(54-63-57(60)51-48-45-42-39-36-21-18-15-12-9-6-3)65-59(62)53-50-47-44-41-38-35-33-31-29-27-25-23-20-17-14-11-8-5-2/h10-11,13-14,16-17,19-20,22-33,56H,4-9,12,15,18,21,34-55H2,1-3H3/b13-10-,14-11-,19-16-,20-17-,24-22-,25-23-,28-26-,29-27-,32-30-,33-31-.